The molecule has 0 aliphatic rings. The minimum atomic E-state index is -2.93. The van der Waals surface area contributed by atoms with Gasteiger partial charge in [0.25, 0.3) is 0 Å². The minimum absolute atomic E-state index is 0.0255. The van der Waals surface area contributed by atoms with E-state index in [9.17, 15) is 13.6 Å². The number of ether oxygens (including phenoxy) is 2. The third-order valence-electron chi connectivity index (χ3n) is 2.49. The fourth-order valence-electron chi connectivity index (χ4n) is 1.72. The van der Waals surface area contributed by atoms with E-state index in [2.05, 4.69) is 20.7 Å². The van der Waals surface area contributed by atoms with E-state index in [-0.39, 0.29) is 18.8 Å². The summed E-state index contributed by atoms with van der Waals surface area (Å²) >= 11 is 3.26. The molecule has 0 spiro atoms. The molecule has 0 radical (unpaired) electrons. The molecule has 0 N–H and O–H groups in total. The van der Waals surface area contributed by atoms with Crippen LogP contribution in [0, 0.1) is 6.92 Å². The predicted molar refractivity (Wildman–Crippen MR) is 70.8 cm³/mol. The zero-order valence-corrected chi connectivity index (χ0v) is 12.3. The Hall–Kier alpha value is -1.17. The molecule has 0 aliphatic carbocycles. The Morgan fingerprint density at radius 3 is 2.63 bits per heavy atom. The third kappa shape index (κ3) is 4.78. The summed E-state index contributed by atoms with van der Waals surface area (Å²) in [6, 6.07) is 3.32. The number of carbonyl (C=O) groups excluding carboxylic acids is 1. The normalized spacial score (nSPS) is 10.6. The smallest absolute Gasteiger partial charge is 0.387 e. The van der Waals surface area contributed by atoms with Crippen LogP contribution in [0.15, 0.2) is 12.1 Å². The van der Waals surface area contributed by atoms with Crippen molar-refractivity contribution in [3.05, 3.63) is 28.8 Å². The largest absolute Gasteiger partial charge is 0.466 e. The Labute approximate surface area is 119 Å². The van der Waals surface area contributed by atoms with Gasteiger partial charge >= 0.3 is 12.6 Å². The summed E-state index contributed by atoms with van der Waals surface area (Å²) in [4.78, 5) is 11.5. The van der Waals surface area contributed by atoms with Crippen LogP contribution >= 0.6 is 15.9 Å². The van der Waals surface area contributed by atoms with Crippen molar-refractivity contribution in [2.45, 2.75) is 32.2 Å². The highest BCUT2D eigenvalue weighted by Gasteiger charge is 2.16. The van der Waals surface area contributed by atoms with Crippen molar-refractivity contribution < 1.29 is 23.0 Å². The van der Waals surface area contributed by atoms with Crippen LogP contribution in [0.2, 0.25) is 0 Å². The highest BCUT2D eigenvalue weighted by Crippen LogP contribution is 2.28. The van der Waals surface area contributed by atoms with E-state index in [1.807, 2.05) is 6.07 Å². The van der Waals surface area contributed by atoms with Gasteiger partial charge in [0.2, 0.25) is 0 Å². The second kappa shape index (κ2) is 7.43. The summed E-state index contributed by atoms with van der Waals surface area (Å²) in [5.41, 5.74) is 1.96. The Bertz CT molecular complexity index is 450. The average Bonchev–Trinajstić information content (AvgIpc) is 2.32. The molecule has 19 heavy (non-hydrogen) atoms. The van der Waals surface area contributed by atoms with Crippen molar-refractivity contribution >= 4 is 21.9 Å². The maximum absolute atomic E-state index is 12.4. The number of esters is 1. The average molecular weight is 337 g/mol. The lowest BCUT2D eigenvalue weighted by Gasteiger charge is -2.14. The van der Waals surface area contributed by atoms with Crippen LogP contribution in [0.3, 0.4) is 0 Å². The van der Waals surface area contributed by atoms with Crippen LogP contribution in [-0.2, 0) is 21.3 Å². The van der Waals surface area contributed by atoms with E-state index < -0.39 is 12.6 Å². The van der Waals surface area contributed by atoms with Crippen LogP contribution in [0.5, 0.6) is 5.75 Å². The molecule has 0 aromatic heterocycles. The molecule has 6 heteroatoms. The van der Waals surface area contributed by atoms with Gasteiger partial charge in [-0.05, 0) is 31.0 Å². The van der Waals surface area contributed by atoms with Crippen molar-refractivity contribution in [1.29, 1.82) is 0 Å². The topological polar surface area (TPSA) is 35.5 Å². The molecule has 0 saturated heterocycles. The molecule has 1 aromatic carbocycles. The summed E-state index contributed by atoms with van der Waals surface area (Å²) in [6.45, 7) is 0.766. The van der Waals surface area contributed by atoms with Crippen molar-refractivity contribution in [3.63, 3.8) is 0 Å². The van der Waals surface area contributed by atoms with Crippen LogP contribution < -0.4 is 4.74 Å². The predicted octanol–water partition coefficient (Wildman–Crippen LogP) is 3.60. The summed E-state index contributed by atoms with van der Waals surface area (Å²) in [5, 5.41) is 0.521. The first-order valence-corrected chi connectivity index (χ1v) is 6.88. The molecule has 0 saturated carbocycles. The van der Waals surface area contributed by atoms with E-state index in [0.717, 1.165) is 11.1 Å². The van der Waals surface area contributed by atoms with Gasteiger partial charge in [-0.3, -0.25) is 4.79 Å². The molecule has 0 fully saturated rings. The van der Waals surface area contributed by atoms with Gasteiger partial charge in [-0.2, -0.15) is 8.78 Å². The van der Waals surface area contributed by atoms with Crippen molar-refractivity contribution in [2.75, 3.05) is 6.61 Å². The molecule has 0 atom stereocenters. The molecule has 1 rings (SSSR count). The minimum Gasteiger partial charge on any atom is -0.466 e. The Balaban J connectivity index is 3.08. The Morgan fingerprint density at radius 2 is 2.11 bits per heavy atom. The van der Waals surface area contributed by atoms with E-state index in [0.29, 0.717) is 10.9 Å². The maximum Gasteiger partial charge on any atom is 0.387 e. The summed E-state index contributed by atoms with van der Waals surface area (Å²) in [5.74, 6) is -0.436. The fourth-order valence-corrected chi connectivity index (χ4v) is 2.04. The monoisotopic (exact) mass is 336 g/mol. The second-order valence-corrected chi connectivity index (χ2v) is 4.44. The van der Waals surface area contributed by atoms with Gasteiger partial charge in [-0.1, -0.05) is 22.0 Å². The first-order valence-electron chi connectivity index (χ1n) is 5.76. The Morgan fingerprint density at radius 1 is 1.42 bits per heavy atom. The van der Waals surface area contributed by atoms with E-state index >= 15 is 0 Å². The highest BCUT2D eigenvalue weighted by atomic mass is 79.9. The van der Waals surface area contributed by atoms with Gasteiger partial charge in [-0.25, -0.2) is 0 Å². The highest BCUT2D eigenvalue weighted by molar-refractivity contribution is 9.08. The van der Waals surface area contributed by atoms with E-state index in [1.54, 1.807) is 13.8 Å². The molecule has 0 heterocycles. The lowest BCUT2D eigenvalue weighted by Crippen LogP contribution is -2.12. The molecular weight excluding hydrogens is 322 g/mol. The Kier molecular flexibility index (Phi) is 6.21. The number of halogens is 3. The SMILES string of the molecule is CCOC(=O)Cc1c(C)cc(CBr)cc1OC(F)F. The molecule has 3 nitrogen and oxygen atoms in total. The van der Waals surface area contributed by atoms with E-state index in [1.165, 1.54) is 6.07 Å². The van der Waals surface area contributed by atoms with Crippen molar-refractivity contribution in [1.82, 2.24) is 0 Å². The molecule has 106 valence electrons. The summed E-state index contributed by atoms with van der Waals surface area (Å²) in [7, 11) is 0. The van der Waals surface area contributed by atoms with Gasteiger partial charge in [0.05, 0.1) is 13.0 Å². The quantitative estimate of drug-likeness (QED) is 0.588. The van der Waals surface area contributed by atoms with Gasteiger partial charge in [0, 0.05) is 10.9 Å². The number of hydrogen-bond acceptors (Lipinski definition) is 3. The van der Waals surface area contributed by atoms with E-state index in [4.69, 9.17) is 4.74 Å². The van der Waals surface area contributed by atoms with Gasteiger partial charge < -0.3 is 9.47 Å². The van der Waals surface area contributed by atoms with Crippen molar-refractivity contribution in [2.24, 2.45) is 0 Å². The van der Waals surface area contributed by atoms with Crippen LogP contribution in [0.1, 0.15) is 23.6 Å². The number of aryl methyl sites for hydroxylation is 1. The van der Waals surface area contributed by atoms with Crippen molar-refractivity contribution in [3.8, 4) is 5.75 Å². The molecule has 0 aliphatic heterocycles. The maximum atomic E-state index is 12.4. The van der Waals surface area contributed by atoms with Crippen LogP contribution in [0.25, 0.3) is 0 Å². The third-order valence-corrected chi connectivity index (χ3v) is 3.14. The number of hydrogen-bond donors (Lipinski definition) is 0. The zero-order chi connectivity index (χ0) is 14.4. The van der Waals surface area contributed by atoms with Gasteiger partial charge in [0.1, 0.15) is 5.75 Å². The van der Waals surface area contributed by atoms with Gasteiger partial charge in [0.15, 0.2) is 0 Å². The number of benzene rings is 1. The van der Waals surface area contributed by atoms with Gasteiger partial charge in [-0.15, -0.1) is 0 Å². The molecule has 0 amide bonds. The molecule has 0 bridgehead atoms. The molecule has 1 aromatic rings. The first kappa shape index (κ1) is 15.9. The summed E-state index contributed by atoms with van der Waals surface area (Å²) < 4.78 is 34.1. The molecule has 0 unspecified atom stereocenters. The standard InChI is InChI=1S/C13H15BrF2O3/c1-3-18-12(17)6-10-8(2)4-9(7-14)5-11(10)19-13(15)16/h4-5,13H,3,6-7H2,1-2H3. The number of carbonyl (C=O) groups is 1. The number of rotatable bonds is 6. The molecular formula is C13H15BrF2O3. The lowest BCUT2D eigenvalue weighted by atomic mass is 10.0. The first-order chi connectivity index (χ1) is 8.97. The fraction of sp³-hybridized carbons (Fsp3) is 0.462. The number of alkyl halides is 3. The summed E-state index contributed by atoms with van der Waals surface area (Å²) in [6.07, 6.45) is -0.0791. The zero-order valence-electron chi connectivity index (χ0n) is 10.7. The lowest BCUT2D eigenvalue weighted by molar-refractivity contribution is -0.142. The van der Waals surface area contributed by atoms with Crippen LogP contribution in [-0.4, -0.2) is 19.2 Å². The van der Waals surface area contributed by atoms with Crippen LogP contribution in [0.4, 0.5) is 8.78 Å². The second-order valence-electron chi connectivity index (χ2n) is 3.88.